The molecule has 0 amide bonds. The smallest absolute Gasteiger partial charge is 0.154 e. The number of aryl methyl sites for hydroxylation is 7. The molecule has 3 unspecified atom stereocenters. The number of halogens is 4. The van der Waals surface area contributed by atoms with Crippen molar-refractivity contribution in [3.05, 3.63) is 152 Å². The third-order valence-electron chi connectivity index (χ3n) is 10.2. The summed E-state index contributed by atoms with van der Waals surface area (Å²) >= 11 is 0. The standard InChI is InChI=1S/C8H8F2.2C8H9F.C8H14.C8H10.C7H14O.C6H12O2/c1-5-3-7(9)6(2)8(10)4-5;2*1-6-3-4-7(2)8(9)5-6;2*1-7-3-5-8(2)6-4-7;1-6-3-4-7(2)8-5-6;1-5-3-7-6(2)8-4-5/h3-4H,1-2H3;2*3-5H,1-2H3;3,8H,4-6H2,1-2H3;3-6H,1-2H3;6-7H,3-5H2,1-2H3;5-6H,3-4H2,1-2H3. The number of ether oxygens (including phenoxy) is 3. The van der Waals surface area contributed by atoms with Gasteiger partial charge in [0.2, 0.25) is 0 Å². The molecule has 4 aromatic carbocycles. The van der Waals surface area contributed by atoms with Gasteiger partial charge in [0, 0.05) is 18.1 Å². The molecule has 1 aliphatic carbocycles. The maximum absolute atomic E-state index is 12.6. The molecule has 4 aromatic rings. The van der Waals surface area contributed by atoms with Crippen molar-refractivity contribution in [2.24, 2.45) is 17.8 Å². The minimum atomic E-state index is -0.475. The lowest BCUT2D eigenvalue weighted by Crippen LogP contribution is -2.27. The second kappa shape index (κ2) is 29.5. The SMILES string of the molecule is CC1=CCC(C)CC1.CC1CCC(C)OC1.CC1COC(C)OC1.Cc1cc(F)c(C)c(F)c1.Cc1ccc(C)c(F)c1.Cc1ccc(C)c(F)c1.Cc1ccc(C)cc1. The molecule has 7 heteroatoms. The second-order valence-electron chi connectivity index (χ2n) is 17.1. The van der Waals surface area contributed by atoms with Crippen LogP contribution in [0.25, 0.3) is 0 Å². The Balaban J connectivity index is 0.000000350. The number of allylic oxidation sites excluding steroid dienone is 2. The van der Waals surface area contributed by atoms with Gasteiger partial charge in [0.25, 0.3) is 0 Å². The first-order valence-electron chi connectivity index (χ1n) is 21.6. The van der Waals surface area contributed by atoms with Crippen LogP contribution in [0.5, 0.6) is 0 Å². The molecule has 3 atom stereocenters. The summed E-state index contributed by atoms with van der Waals surface area (Å²) in [4.78, 5) is 0. The molecular formula is C53H76F4O3. The highest BCUT2D eigenvalue weighted by atomic mass is 19.1. The third-order valence-corrected chi connectivity index (χ3v) is 10.2. The zero-order valence-corrected chi connectivity index (χ0v) is 39.3. The molecule has 3 nitrogen and oxygen atoms in total. The van der Waals surface area contributed by atoms with E-state index in [1.165, 1.54) is 74.4 Å². The van der Waals surface area contributed by atoms with E-state index in [0.717, 1.165) is 42.8 Å². The summed E-state index contributed by atoms with van der Waals surface area (Å²) in [6.45, 7) is 30.2. The Bertz CT molecular complexity index is 1670. The fourth-order valence-corrected chi connectivity index (χ4v) is 5.61. The van der Waals surface area contributed by atoms with E-state index in [1.807, 2.05) is 32.9 Å². The summed E-state index contributed by atoms with van der Waals surface area (Å²) in [6, 6.07) is 21.6. The van der Waals surface area contributed by atoms with Crippen LogP contribution < -0.4 is 0 Å². The Hall–Kier alpha value is -3.78. The Morgan fingerprint density at radius 3 is 1.17 bits per heavy atom. The first-order valence-corrected chi connectivity index (χ1v) is 21.6. The number of rotatable bonds is 0. The molecule has 0 spiro atoms. The van der Waals surface area contributed by atoms with Gasteiger partial charge in [0.05, 0.1) is 19.3 Å². The molecule has 3 aliphatic rings. The summed E-state index contributed by atoms with van der Waals surface area (Å²) < 4.78 is 66.1. The van der Waals surface area contributed by atoms with Crippen molar-refractivity contribution in [2.45, 2.75) is 141 Å². The van der Waals surface area contributed by atoms with Crippen LogP contribution >= 0.6 is 0 Å². The minimum Gasteiger partial charge on any atom is -0.378 e. The Morgan fingerprint density at radius 1 is 0.433 bits per heavy atom. The van der Waals surface area contributed by atoms with Crippen molar-refractivity contribution in [1.82, 2.24) is 0 Å². The molecular weight excluding hydrogens is 761 g/mol. The van der Waals surface area contributed by atoms with E-state index in [1.54, 1.807) is 38.5 Å². The van der Waals surface area contributed by atoms with Crippen molar-refractivity contribution in [3.63, 3.8) is 0 Å². The highest BCUT2D eigenvalue weighted by Crippen LogP contribution is 2.22. The topological polar surface area (TPSA) is 27.7 Å². The highest BCUT2D eigenvalue weighted by Gasteiger charge is 2.14. The highest BCUT2D eigenvalue weighted by molar-refractivity contribution is 5.24. The van der Waals surface area contributed by atoms with Crippen LogP contribution in [0.2, 0.25) is 0 Å². The predicted octanol–water partition coefficient (Wildman–Crippen LogP) is 15.4. The van der Waals surface area contributed by atoms with Gasteiger partial charge in [-0.2, -0.15) is 0 Å². The summed E-state index contributed by atoms with van der Waals surface area (Å²) in [5.74, 6) is 1.14. The largest absolute Gasteiger partial charge is 0.378 e. The van der Waals surface area contributed by atoms with E-state index >= 15 is 0 Å². The van der Waals surface area contributed by atoms with E-state index in [-0.39, 0.29) is 23.5 Å². The molecule has 0 radical (unpaired) electrons. The Morgan fingerprint density at radius 2 is 0.850 bits per heavy atom. The fraction of sp³-hybridized carbons (Fsp3) is 0.509. The van der Waals surface area contributed by atoms with Crippen molar-refractivity contribution in [2.75, 3.05) is 19.8 Å². The van der Waals surface area contributed by atoms with Crippen molar-refractivity contribution in [3.8, 4) is 0 Å². The van der Waals surface area contributed by atoms with Gasteiger partial charge in [-0.3, -0.25) is 0 Å². The van der Waals surface area contributed by atoms with Crippen LogP contribution in [0, 0.1) is 96.4 Å². The first-order chi connectivity index (χ1) is 28.2. The molecule has 0 bridgehead atoms. The quantitative estimate of drug-likeness (QED) is 0.130. The lowest BCUT2D eigenvalue weighted by molar-refractivity contribution is -0.187. The van der Waals surface area contributed by atoms with E-state index in [4.69, 9.17) is 14.2 Å². The van der Waals surface area contributed by atoms with Gasteiger partial charge < -0.3 is 14.2 Å². The van der Waals surface area contributed by atoms with Crippen molar-refractivity contribution in [1.29, 1.82) is 0 Å². The van der Waals surface area contributed by atoms with Gasteiger partial charge in [-0.25, -0.2) is 17.6 Å². The summed E-state index contributed by atoms with van der Waals surface area (Å²) in [5, 5.41) is 0. The van der Waals surface area contributed by atoms with Crippen LogP contribution in [-0.4, -0.2) is 32.2 Å². The van der Waals surface area contributed by atoms with E-state index in [0.29, 0.717) is 28.7 Å². The zero-order chi connectivity index (χ0) is 45.4. The molecule has 334 valence electrons. The van der Waals surface area contributed by atoms with Crippen LogP contribution in [0.3, 0.4) is 0 Å². The van der Waals surface area contributed by atoms with Crippen LogP contribution in [0.4, 0.5) is 17.6 Å². The normalized spacial score (nSPS) is 20.4. The van der Waals surface area contributed by atoms with Gasteiger partial charge >= 0.3 is 0 Å². The predicted molar refractivity (Wildman–Crippen MR) is 245 cm³/mol. The fourth-order valence-electron chi connectivity index (χ4n) is 5.61. The van der Waals surface area contributed by atoms with Gasteiger partial charge in [0.15, 0.2) is 6.29 Å². The summed E-state index contributed by atoms with van der Waals surface area (Å²) in [7, 11) is 0. The monoisotopic (exact) mass is 837 g/mol. The Kier molecular flexibility index (Phi) is 26.6. The average Bonchev–Trinajstić information content (AvgIpc) is 3.20. The van der Waals surface area contributed by atoms with Gasteiger partial charge in [0.1, 0.15) is 23.3 Å². The minimum absolute atomic E-state index is 0.0196. The molecule has 0 N–H and O–H groups in total. The first kappa shape index (κ1) is 54.2. The molecule has 2 aliphatic heterocycles. The van der Waals surface area contributed by atoms with Crippen LogP contribution in [-0.2, 0) is 14.2 Å². The molecule has 0 aromatic heterocycles. The third kappa shape index (κ3) is 25.1. The maximum atomic E-state index is 12.6. The van der Waals surface area contributed by atoms with Gasteiger partial charge in [-0.05, 0) is 172 Å². The zero-order valence-electron chi connectivity index (χ0n) is 39.3. The molecule has 2 saturated heterocycles. The Labute approximate surface area is 362 Å². The van der Waals surface area contributed by atoms with Gasteiger partial charge in [-0.1, -0.05) is 92.1 Å². The van der Waals surface area contributed by atoms with E-state index < -0.39 is 11.6 Å². The average molecular weight is 837 g/mol. The lowest BCUT2D eigenvalue weighted by Gasteiger charge is -2.24. The van der Waals surface area contributed by atoms with E-state index in [2.05, 4.69) is 78.8 Å². The van der Waals surface area contributed by atoms with Gasteiger partial charge in [-0.15, -0.1) is 0 Å². The van der Waals surface area contributed by atoms with Crippen molar-refractivity contribution < 1.29 is 31.8 Å². The molecule has 0 saturated carbocycles. The maximum Gasteiger partial charge on any atom is 0.154 e. The molecule has 60 heavy (non-hydrogen) atoms. The summed E-state index contributed by atoms with van der Waals surface area (Å²) in [6.07, 6.45) is 9.56. The van der Waals surface area contributed by atoms with Crippen LogP contribution in [0.15, 0.2) is 84.4 Å². The summed E-state index contributed by atoms with van der Waals surface area (Å²) in [5.41, 5.74) is 8.30. The number of hydrogen-bond donors (Lipinski definition) is 0. The number of benzene rings is 4. The molecule has 2 heterocycles. The molecule has 2 fully saturated rings. The van der Waals surface area contributed by atoms with E-state index in [9.17, 15) is 17.6 Å². The van der Waals surface area contributed by atoms with Crippen molar-refractivity contribution >= 4 is 0 Å². The van der Waals surface area contributed by atoms with Crippen LogP contribution in [0.1, 0.15) is 118 Å². The lowest BCUT2D eigenvalue weighted by atomic mass is 9.92. The molecule has 7 rings (SSSR count). The number of hydrogen-bond acceptors (Lipinski definition) is 3. The second-order valence-corrected chi connectivity index (χ2v) is 17.1.